The summed E-state index contributed by atoms with van der Waals surface area (Å²) in [5.74, 6) is 2.38. The fourth-order valence-corrected chi connectivity index (χ4v) is 4.62. The molecule has 1 unspecified atom stereocenters. The third kappa shape index (κ3) is 5.69. The van der Waals surface area contributed by atoms with Crippen molar-refractivity contribution in [3.63, 3.8) is 0 Å². The van der Waals surface area contributed by atoms with Gasteiger partial charge in [-0.05, 0) is 59.8 Å². The molecule has 1 fully saturated rings. The van der Waals surface area contributed by atoms with E-state index in [4.69, 9.17) is 0 Å². The fourth-order valence-electron chi connectivity index (χ4n) is 4.62. The molecule has 0 bridgehead atoms. The Morgan fingerprint density at radius 1 is 0.893 bits per heavy atom. The van der Waals surface area contributed by atoms with Gasteiger partial charge in [0.1, 0.15) is 5.82 Å². The molecule has 3 rings (SSSR count). The van der Waals surface area contributed by atoms with Gasteiger partial charge >= 0.3 is 0 Å². The molecule has 0 aromatic heterocycles. The molecule has 1 atom stereocenters. The van der Waals surface area contributed by atoms with Gasteiger partial charge in [0.15, 0.2) is 0 Å². The molecule has 0 radical (unpaired) electrons. The van der Waals surface area contributed by atoms with E-state index in [0.717, 1.165) is 47.8 Å². The number of aryl methyl sites for hydroxylation is 1. The lowest BCUT2D eigenvalue weighted by atomic mass is 9.78. The Bertz CT molecular complexity index is 722. The Labute approximate surface area is 171 Å². The highest BCUT2D eigenvalue weighted by molar-refractivity contribution is 5.64. The molecule has 152 valence electrons. The molecule has 1 heteroatoms. The predicted molar refractivity (Wildman–Crippen MR) is 119 cm³/mol. The van der Waals surface area contributed by atoms with Crippen molar-refractivity contribution in [2.45, 2.75) is 78.6 Å². The Hall–Kier alpha value is -1.63. The summed E-state index contributed by atoms with van der Waals surface area (Å²) in [5.41, 5.74) is 4.19. The third-order valence-corrected chi connectivity index (χ3v) is 6.96. The maximum Gasteiger partial charge on any atom is 0.131 e. The molecule has 1 aliphatic carbocycles. The number of rotatable bonds is 8. The monoisotopic (exact) mass is 380 g/mol. The number of hydrogen-bond donors (Lipinski definition) is 0. The second-order valence-electron chi connectivity index (χ2n) is 9.06. The van der Waals surface area contributed by atoms with Crippen molar-refractivity contribution in [1.82, 2.24) is 0 Å². The first-order chi connectivity index (χ1) is 13.6. The van der Waals surface area contributed by atoms with Crippen LogP contribution < -0.4 is 0 Å². The van der Waals surface area contributed by atoms with Gasteiger partial charge in [0.05, 0.1) is 0 Å². The normalized spacial score (nSPS) is 20.9. The summed E-state index contributed by atoms with van der Waals surface area (Å²) in [6.07, 6.45) is 11.5. The summed E-state index contributed by atoms with van der Waals surface area (Å²) in [6.45, 7) is 6.74. The van der Waals surface area contributed by atoms with Gasteiger partial charge in [-0.15, -0.1) is 0 Å². The van der Waals surface area contributed by atoms with Gasteiger partial charge in [0.2, 0.25) is 0 Å². The summed E-state index contributed by atoms with van der Waals surface area (Å²) < 4.78 is 14.6. The van der Waals surface area contributed by atoms with E-state index in [1.54, 1.807) is 6.07 Å². The number of halogens is 1. The van der Waals surface area contributed by atoms with E-state index < -0.39 is 0 Å². The zero-order chi connectivity index (χ0) is 19.9. The zero-order valence-corrected chi connectivity index (χ0v) is 18.0. The first-order valence-corrected chi connectivity index (χ1v) is 11.5. The van der Waals surface area contributed by atoms with Crippen molar-refractivity contribution in [3.8, 4) is 11.1 Å². The lowest BCUT2D eigenvalue weighted by molar-refractivity contribution is 0.259. The van der Waals surface area contributed by atoms with Crippen molar-refractivity contribution in [1.29, 1.82) is 0 Å². The quantitative estimate of drug-likeness (QED) is 0.432. The Kier molecular flexibility index (Phi) is 7.71. The summed E-state index contributed by atoms with van der Waals surface area (Å²) >= 11 is 0. The number of benzene rings is 2. The molecule has 2 aromatic rings. The molecular formula is C27H37F. The van der Waals surface area contributed by atoms with Crippen LogP contribution in [0.2, 0.25) is 0 Å². The molecule has 0 spiro atoms. The Morgan fingerprint density at radius 2 is 1.54 bits per heavy atom. The SMILES string of the molecule is CCC(C)Cc1ccc(-c2ccc(CC[C@H]3CC[C@H](CC)CC3)cc2)c(F)c1. The van der Waals surface area contributed by atoms with Gasteiger partial charge in [-0.25, -0.2) is 4.39 Å². The van der Waals surface area contributed by atoms with Crippen LogP contribution in [0.25, 0.3) is 11.1 Å². The average molecular weight is 381 g/mol. The maximum absolute atomic E-state index is 14.6. The van der Waals surface area contributed by atoms with E-state index in [1.807, 2.05) is 6.07 Å². The van der Waals surface area contributed by atoms with Gasteiger partial charge in [0, 0.05) is 5.56 Å². The largest absolute Gasteiger partial charge is 0.206 e. The van der Waals surface area contributed by atoms with Crippen LogP contribution in [0.5, 0.6) is 0 Å². The topological polar surface area (TPSA) is 0 Å². The average Bonchev–Trinajstić information content (AvgIpc) is 2.73. The van der Waals surface area contributed by atoms with Gasteiger partial charge in [0.25, 0.3) is 0 Å². The minimum Gasteiger partial charge on any atom is -0.206 e. The van der Waals surface area contributed by atoms with E-state index >= 15 is 0 Å². The maximum atomic E-state index is 14.6. The van der Waals surface area contributed by atoms with Crippen LogP contribution >= 0.6 is 0 Å². The third-order valence-electron chi connectivity index (χ3n) is 6.96. The molecular weight excluding hydrogens is 343 g/mol. The minimum absolute atomic E-state index is 0.0961. The molecule has 0 heterocycles. The molecule has 0 nitrogen and oxygen atoms in total. The highest BCUT2D eigenvalue weighted by atomic mass is 19.1. The van der Waals surface area contributed by atoms with Crippen LogP contribution in [0.3, 0.4) is 0 Å². The van der Waals surface area contributed by atoms with Gasteiger partial charge in [-0.1, -0.05) is 95.7 Å². The van der Waals surface area contributed by atoms with E-state index in [1.165, 1.54) is 44.1 Å². The van der Waals surface area contributed by atoms with Crippen molar-refractivity contribution < 1.29 is 4.39 Å². The van der Waals surface area contributed by atoms with Gasteiger partial charge in [-0.3, -0.25) is 0 Å². The van der Waals surface area contributed by atoms with Crippen LogP contribution in [0.15, 0.2) is 42.5 Å². The summed E-state index contributed by atoms with van der Waals surface area (Å²) in [7, 11) is 0. The molecule has 0 aliphatic heterocycles. The van der Waals surface area contributed by atoms with Crippen molar-refractivity contribution in [3.05, 3.63) is 59.4 Å². The smallest absolute Gasteiger partial charge is 0.131 e. The van der Waals surface area contributed by atoms with Crippen LogP contribution in [0.4, 0.5) is 4.39 Å². The van der Waals surface area contributed by atoms with E-state index in [-0.39, 0.29) is 5.82 Å². The Morgan fingerprint density at radius 3 is 2.14 bits per heavy atom. The lowest BCUT2D eigenvalue weighted by Crippen LogP contribution is -2.14. The zero-order valence-electron chi connectivity index (χ0n) is 18.0. The molecule has 28 heavy (non-hydrogen) atoms. The molecule has 2 aromatic carbocycles. The van der Waals surface area contributed by atoms with Crippen LogP contribution in [-0.2, 0) is 12.8 Å². The molecule has 1 aliphatic rings. The second kappa shape index (κ2) is 10.2. The van der Waals surface area contributed by atoms with Crippen LogP contribution in [0, 0.1) is 23.6 Å². The standard InChI is InChI=1S/C27H37F/c1-4-20(3)18-24-14-17-26(27(28)19-24)25-15-12-23(13-16-25)11-10-22-8-6-21(5-2)7-9-22/h12-17,19-22H,4-11,18H2,1-3H3/t20?,21-,22-. The first kappa shape index (κ1) is 21.1. The Balaban J connectivity index is 1.57. The highest BCUT2D eigenvalue weighted by Gasteiger charge is 2.19. The molecule has 0 N–H and O–H groups in total. The lowest BCUT2D eigenvalue weighted by Gasteiger charge is -2.27. The highest BCUT2D eigenvalue weighted by Crippen LogP contribution is 2.33. The second-order valence-corrected chi connectivity index (χ2v) is 9.06. The van der Waals surface area contributed by atoms with Crippen molar-refractivity contribution >= 4 is 0 Å². The molecule has 0 saturated heterocycles. The molecule has 0 amide bonds. The first-order valence-electron chi connectivity index (χ1n) is 11.5. The summed E-state index contributed by atoms with van der Waals surface area (Å²) in [5, 5.41) is 0. The van der Waals surface area contributed by atoms with Gasteiger partial charge < -0.3 is 0 Å². The van der Waals surface area contributed by atoms with Crippen LogP contribution in [-0.4, -0.2) is 0 Å². The van der Waals surface area contributed by atoms with Crippen molar-refractivity contribution in [2.24, 2.45) is 17.8 Å². The van der Waals surface area contributed by atoms with E-state index in [2.05, 4.69) is 51.1 Å². The van der Waals surface area contributed by atoms with Crippen molar-refractivity contribution in [2.75, 3.05) is 0 Å². The minimum atomic E-state index is -0.0961. The number of hydrogen-bond acceptors (Lipinski definition) is 0. The van der Waals surface area contributed by atoms with Gasteiger partial charge in [-0.2, -0.15) is 0 Å². The predicted octanol–water partition coefficient (Wildman–Crippen LogP) is 8.23. The fraction of sp³-hybridized carbons (Fsp3) is 0.556. The summed E-state index contributed by atoms with van der Waals surface area (Å²) in [6, 6.07) is 14.3. The van der Waals surface area contributed by atoms with E-state index in [0.29, 0.717) is 5.92 Å². The summed E-state index contributed by atoms with van der Waals surface area (Å²) in [4.78, 5) is 0. The van der Waals surface area contributed by atoms with Crippen LogP contribution in [0.1, 0.15) is 76.8 Å². The van der Waals surface area contributed by atoms with E-state index in [9.17, 15) is 4.39 Å². The molecule has 1 saturated carbocycles.